The molecule has 0 amide bonds. The minimum absolute atomic E-state index is 0. The van der Waals surface area contributed by atoms with E-state index in [-0.39, 0.29) is 18.2 Å². The van der Waals surface area contributed by atoms with Crippen LogP contribution in [0.2, 0.25) is 0 Å². The molecule has 1 aliphatic rings. The minimum Gasteiger partial charge on any atom is -0.314 e. The van der Waals surface area contributed by atoms with Crippen LogP contribution in [0.1, 0.15) is 24.9 Å². The number of hydrogen-bond donors (Lipinski definition) is 1. The van der Waals surface area contributed by atoms with E-state index in [4.69, 9.17) is 0 Å². The molecule has 1 aromatic carbocycles. The van der Waals surface area contributed by atoms with Crippen molar-refractivity contribution in [2.75, 3.05) is 26.2 Å². The molecule has 2 nitrogen and oxygen atoms in total. The third-order valence-corrected chi connectivity index (χ3v) is 3.23. The molecule has 0 unspecified atom stereocenters. The van der Waals surface area contributed by atoms with Gasteiger partial charge in [-0.05, 0) is 24.1 Å². The van der Waals surface area contributed by atoms with Crippen molar-refractivity contribution in [2.24, 2.45) is 0 Å². The number of halogens is 2. The average Bonchev–Trinajstić information content (AvgIpc) is 2.34. The zero-order valence-electron chi connectivity index (χ0n) is 10.2. The first-order valence-electron chi connectivity index (χ1n) is 6.01. The van der Waals surface area contributed by atoms with Gasteiger partial charge in [-0.15, -0.1) is 12.4 Å². The monoisotopic (exact) mass is 258 g/mol. The highest BCUT2D eigenvalue weighted by molar-refractivity contribution is 5.85. The van der Waals surface area contributed by atoms with Gasteiger partial charge in [-0.2, -0.15) is 0 Å². The van der Waals surface area contributed by atoms with E-state index >= 15 is 0 Å². The number of benzene rings is 1. The van der Waals surface area contributed by atoms with Crippen molar-refractivity contribution in [3.63, 3.8) is 0 Å². The Bertz CT molecular complexity index is 323. The Morgan fingerprint density at radius 3 is 2.35 bits per heavy atom. The fourth-order valence-electron chi connectivity index (χ4n) is 2.38. The van der Waals surface area contributed by atoms with Gasteiger partial charge in [0.2, 0.25) is 0 Å². The van der Waals surface area contributed by atoms with E-state index in [0.29, 0.717) is 6.04 Å². The van der Waals surface area contributed by atoms with Gasteiger partial charge in [-0.1, -0.05) is 19.1 Å². The van der Waals surface area contributed by atoms with E-state index in [1.807, 2.05) is 12.1 Å². The molecule has 0 aromatic heterocycles. The summed E-state index contributed by atoms with van der Waals surface area (Å²) in [5, 5.41) is 3.35. The fourth-order valence-corrected chi connectivity index (χ4v) is 2.38. The quantitative estimate of drug-likeness (QED) is 0.897. The number of piperazine rings is 1. The third-order valence-electron chi connectivity index (χ3n) is 3.23. The van der Waals surface area contributed by atoms with Crippen molar-refractivity contribution in [1.29, 1.82) is 0 Å². The molecule has 1 N–H and O–H groups in total. The highest BCUT2D eigenvalue weighted by atomic mass is 35.5. The van der Waals surface area contributed by atoms with Gasteiger partial charge < -0.3 is 5.32 Å². The zero-order chi connectivity index (χ0) is 11.4. The van der Waals surface area contributed by atoms with Gasteiger partial charge in [-0.3, -0.25) is 4.90 Å². The van der Waals surface area contributed by atoms with Crippen molar-refractivity contribution in [3.8, 4) is 0 Å². The number of hydrogen-bond acceptors (Lipinski definition) is 2. The van der Waals surface area contributed by atoms with Crippen LogP contribution in [0.4, 0.5) is 4.39 Å². The smallest absolute Gasteiger partial charge is 0.123 e. The van der Waals surface area contributed by atoms with Gasteiger partial charge in [0, 0.05) is 32.2 Å². The maximum Gasteiger partial charge on any atom is 0.123 e. The van der Waals surface area contributed by atoms with Crippen LogP contribution in [0.25, 0.3) is 0 Å². The standard InChI is InChI=1S/C13H19FN2.ClH/c1-2-13(16-9-7-15-8-10-16)11-3-5-12(14)6-4-11;/h3-6,13,15H,2,7-10H2,1H3;1H/t13-;/m1./s1. The summed E-state index contributed by atoms with van der Waals surface area (Å²) >= 11 is 0. The lowest BCUT2D eigenvalue weighted by atomic mass is 10.0. The first-order valence-corrected chi connectivity index (χ1v) is 6.01. The van der Waals surface area contributed by atoms with Crippen molar-refractivity contribution < 1.29 is 4.39 Å². The van der Waals surface area contributed by atoms with Crippen LogP contribution in [0.5, 0.6) is 0 Å². The summed E-state index contributed by atoms with van der Waals surface area (Å²) < 4.78 is 12.9. The van der Waals surface area contributed by atoms with Crippen LogP contribution in [0, 0.1) is 5.82 Å². The Morgan fingerprint density at radius 2 is 1.82 bits per heavy atom. The van der Waals surface area contributed by atoms with E-state index in [1.165, 1.54) is 5.56 Å². The van der Waals surface area contributed by atoms with Gasteiger partial charge in [0.05, 0.1) is 0 Å². The second kappa shape index (κ2) is 6.94. The molecule has 1 atom stereocenters. The van der Waals surface area contributed by atoms with E-state index in [1.54, 1.807) is 12.1 Å². The summed E-state index contributed by atoms with van der Waals surface area (Å²) in [4.78, 5) is 2.48. The summed E-state index contributed by atoms with van der Waals surface area (Å²) in [6.07, 6.45) is 1.08. The number of nitrogens with zero attached hydrogens (tertiary/aromatic N) is 1. The maximum atomic E-state index is 12.9. The summed E-state index contributed by atoms with van der Waals surface area (Å²) in [6, 6.07) is 7.36. The highest BCUT2D eigenvalue weighted by Crippen LogP contribution is 2.24. The van der Waals surface area contributed by atoms with Crippen LogP contribution in [0.3, 0.4) is 0 Å². The van der Waals surface area contributed by atoms with Crippen LogP contribution in [-0.2, 0) is 0 Å². The molecule has 1 aromatic rings. The molecule has 1 aliphatic heterocycles. The number of nitrogens with one attached hydrogen (secondary N) is 1. The van der Waals surface area contributed by atoms with Crippen LogP contribution in [-0.4, -0.2) is 31.1 Å². The molecule has 0 bridgehead atoms. The minimum atomic E-state index is -0.154. The predicted molar refractivity (Wildman–Crippen MR) is 71.1 cm³/mol. The van der Waals surface area contributed by atoms with Crippen molar-refractivity contribution in [1.82, 2.24) is 10.2 Å². The van der Waals surface area contributed by atoms with E-state index < -0.39 is 0 Å². The Kier molecular flexibility index (Phi) is 5.89. The van der Waals surface area contributed by atoms with Gasteiger partial charge in [0.25, 0.3) is 0 Å². The van der Waals surface area contributed by atoms with Crippen molar-refractivity contribution >= 4 is 12.4 Å². The lowest BCUT2D eigenvalue weighted by Crippen LogP contribution is -2.45. The van der Waals surface area contributed by atoms with E-state index in [9.17, 15) is 4.39 Å². The molecule has 1 saturated heterocycles. The first-order chi connectivity index (χ1) is 7.81. The van der Waals surface area contributed by atoms with E-state index in [0.717, 1.165) is 32.6 Å². The zero-order valence-corrected chi connectivity index (χ0v) is 11.0. The number of rotatable bonds is 3. The van der Waals surface area contributed by atoms with Gasteiger partial charge >= 0.3 is 0 Å². The Morgan fingerprint density at radius 1 is 1.24 bits per heavy atom. The largest absolute Gasteiger partial charge is 0.314 e. The highest BCUT2D eigenvalue weighted by Gasteiger charge is 2.20. The van der Waals surface area contributed by atoms with Gasteiger partial charge in [0.1, 0.15) is 5.82 Å². The van der Waals surface area contributed by atoms with Crippen molar-refractivity contribution in [2.45, 2.75) is 19.4 Å². The summed E-state index contributed by atoms with van der Waals surface area (Å²) in [5.41, 5.74) is 1.23. The molecule has 4 heteroatoms. The third kappa shape index (κ3) is 3.66. The molecule has 0 spiro atoms. The predicted octanol–water partition coefficient (Wildman–Crippen LogP) is 2.60. The average molecular weight is 259 g/mol. The molecular weight excluding hydrogens is 239 g/mol. The normalized spacial score (nSPS) is 18.5. The molecule has 0 radical (unpaired) electrons. The van der Waals surface area contributed by atoms with Crippen LogP contribution >= 0.6 is 12.4 Å². The summed E-state index contributed by atoms with van der Waals surface area (Å²) in [5.74, 6) is -0.154. The Labute approximate surface area is 109 Å². The fraction of sp³-hybridized carbons (Fsp3) is 0.538. The maximum absolute atomic E-state index is 12.9. The van der Waals surface area contributed by atoms with Crippen LogP contribution < -0.4 is 5.32 Å². The molecule has 0 aliphatic carbocycles. The van der Waals surface area contributed by atoms with E-state index in [2.05, 4.69) is 17.1 Å². The molecule has 1 fully saturated rings. The van der Waals surface area contributed by atoms with Crippen molar-refractivity contribution in [3.05, 3.63) is 35.6 Å². The Hall–Kier alpha value is -0.640. The lowest BCUT2D eigenvalue weighted by molar-refractivity contribution is 0.169. The lowest BCUT2D eigenvalue weighted by Gasteiger charge is -2.34. The van der Waals surface area contributed by atoms with Gasteiger partial charge in [0.15, 0.2) is 0 Å². The SMILES string of the molecule is CC[C@H](c1ccc(F)cc1)N1CCNCC1.Cl. The molecule has 96 valence electrons. The molecular formula is C13H20ClFN2. The summed E-state index contributed by atoms with van der Waals surface area (Å²) in [7, 11) is 0. The second-order valence-electron chi connectivity index (χ2n) is 4.26. The van der Waals surface area contributed by atoms with Crippen LogP contribution in [0.15, 0.2) is 24.3 Å². The topological polar surface area (TPSA) is 15.3 Å². The second-order valence-corrected chi connectivity index (χ2v) is 4.26. The Balaban J connectivity index is 0.00000144. The molecule has 2 rings (SSSR count). The molecule has 0 saturated carbocycles. The summed E-state index contributed by atoms with van der Waals surface area (Å²) in [6.45, 7) is 6.46. The first kappa shape index (κ1) is 14.4. The molecule has 17 heavy (non-hydrogen) atoms. The van der Waals surface area contributed by atoms with Gasteiger partial charge in [-0.25, -0.2) is 4.39 Å². The molecule has 1 heterocycles.